The Bertz CT molecular complexity index is 715. The first-order valence-electron chi connectivity index (χ1n) is 7.06. The van der Waals surface area contributed by atoms with Crippen molar-refractivity contribution in [3.63, 3.8) is 0 Å². The molecule has 0 fully saturated rings. The van der Waals surface area contributed by atoms with Gasteiger partial charge in [0, 0.05) is 12.2 Å². The number of aromatic nitrogens is 1. The van der Waals surface area contributed by atoms with Crippen LogP contribution in [0.2, 0.25) is 0 Å². The maximum absolute atomic E-state index is 12.0. The zero-order valence-corrected chi connectivity index (χ0v) is 12.4. The summed E-state index contributed by atoms with van der Waals surface area (Å²) >= 11 is 0. The predicted molar refractivity (Wildman–Crippen MR) is 85.7 cm³/mol. The van der Waals surface area contributed by atoms with E-state index in [1.165, 1.54) is 6.08 Å². The van der Waals surface area contributed by atoms with Crippen LogP contribution in [0, 0.1) is 18.3 Å². The third kappa shape index (κ3) is 4.57. The summed E-state index contributed by atoms with van der Waals surface area (Å²) in [5, 5.41) is 11.9. The Labute approximate surface area is 130 Å². The highest BCUT2D eigenvalue weighted by Crippen LogP contribution is 2.05. The molecule has 1 aromatic carbocycles. The average Bonchev–Trinajstić information content (AvgIpc) is 2.53. The van der Waals surface area contributed by atoms with Crippen LogP contribution in [-0.4, -0.2) is 17.4 Å². The third-order valence-corrected chi connectivity index (χ3v) is 3.11. The number of hydrogen-bond donors (Lipinski definition) is 1. The van der Waals surface area contributed by atoms with Crippen LogP contribution >= 0.6 is 0 Å². The molecule has 1 N–H and O–H groups in total. The molecule has 0 radical (unpaired) electrons. The number of rotatable bonds is 5. The van der Waals surface area contributed by atoms with E-state index in [1.54, 1.807) is 6.07 Å². The van der Waals surface area contributed by atoms with E-state index >= 15 is 0 Å². The van der Waals surface area contributed by atoms with Crippen LogP contribution < -0.4 is 5.32 Å². The summed E-state index contributed by atoms with van der Waals surface area (Å²) in [7, 11) is 0. The molecule has 0 spiro atoms. The van der Waals surface area contributed by atoms with Gasteiger partial charge in [-0.25, -0.2) is 0 Å². The maximum Gasteiger partial charge on any atom is 0.262 e. The monoisotopic (exact) mass is 291 g/mol. The van der Waals surface area contributed by atoms with Gasteiger partial charge >= 0.3 is 0 Å². The minimum absolute atomic E-state index is 0.0613. The van der Waals surface area contributed by atoms with Crippen molar-refractivity contribution < 1.29 is 4.79 Å². The summed E-state index contributed by atoms with van der Waals surface area (Å²) in [5.74, 6) is -0.373. The molecule has 0 atom stereocenters. The molecule has 0 aliphatic heterocycles. The molecular weight excluding hydrogens is 274 g/mol. The van der Waals surface area contributed by atoms with Crippen LogP contribution in [0.1, 0.15) is 17.0 Å². The van der Waals surface area contributed by atoms with Crippen molar-refractivity contribution in [1.29, 1.82) is 5.26 Å². The first-order chi connectivity index (χ1) is 10.7. The van der Waals surface area contributed by atoms with Crippen LogP contribution in [0.25, 0.3) is 6.08 Å². The Kier molecular flexibility index (Phi) is 5.44. The number of carbonyl (C=O) groups excluding carboxylic acids is 1. The van der Waals surface area contributed by atoms with Crippen molar-refractivity contribution in [3.8, 4) is 6.07 Å². The molecule has 4 nitrogen and oxygen atoms in total. The Hall–Kier alpha value is -2.93. The Morgan fingerprint density at radius 3 is 2.68 bits per heavy atom. The molecule has 2 rings (SSSR count). The molecule has 1 heterocycles. The zero-order valence-electron chi connectivity index (χ0n) is 12.4. The number of pyridine rings is 1. The van der Waals surface area contributed by atoms with Crippen LogP contribution in [0.15, 0.2) is 54.1 Å². The van der Waals surface area contributed by atoms with Crippen molar-refractivity contribution in [3.05, 3.63) is 71.1 Å². The minimum atomic E-state index is -0.373. The number of aryl methyl sites for hydroxylation is 1. The maximum atomic E-state index is 12.0. The number of hydrogen-bond acceptors (Lipinski definition) is 3. The highest BCUT2D eigenvalue weighted by atomic mass is 16.1. The molecule has 1 amide bonds. The number of carbonyl (C=O) groups is 1. The molecule has 2 aromatic rings. The smallest absolute Gasteiger partial charge is 0.262 e. The van der Waals surface area contributed by atoms with Gasteiger partial charge in [-0.05, 0) is 37.1 Å². The van der Waals surface area contributed by atoms with E-state index in [2.05, 4.69) is 10.3 Å². The van der Waals surface area contributed by atoms with Gasteiger partial charge in [0.25, 0.3) is 5.91 Å². The van der Waals surface area contributed by atoms with Gasteiger partial charge in [0.1, 0.15) is 11.6 Å². The van der Waals surface area contributed by atoms with Crippen molar-refractivity contribution >= 4 is 12.0 Å². The van der Waals surface area contributed by atoms with Gasteiger partial charge in [0.05, 0.1) is 5.69 Å². The summed E-state index contributed by atoms with van der Waals surface area (Å²) in [5.41, 5.74) is 2.65. The van der Waals surface area contributed by atoms with Crippen LogP contribution in [0.5, 0.6) is 0 Å². The van der Waals surface area contributed by atoms with E-state index in [4.69, 9.17) is 5.26 Å². The van der Waals surface area contributed by atoms with Crippen molar-refractivity contribution in [2.75, 3.05) is 6.54 Å². The van der Waals surface area contributed by atoms with Gasteiger partial charge in [0.2, 0.25) is 0 Å². The van der Waals surface area contributed by atoms with Gasteiger partial charge in [-0.3, -0.25) is 9.78 Å². The molecular formula is C18H17N3O. The molecule has 0 saturated heterocycles. The normalized spacial score (nSPS) is 10.8. The second kappa shape index (κ2) is 7.75. The van der Waals surface area contributed by atoms with E-state index < -0.39 is 0 Å². The Morgan fingerprint density at radius 1 is 1.23 bits per heavy atom. The Balaban J connectivity index is 1.96. The van der Waals surface area contributed by atoms with E-state index in [0.717, 1.165) is 17.7 Å². The largest absolute Gasteiger partial charge is 0.351 e. The topological polar surface area (TPSA) is 65.8 Å². The highest BCUT2D eigenvalue weighted by molar-refractivity contribution is 6.01. The van der Waals surface area contributed by atoms with Gasteiger partial charge in [-0.2, -0.15) is 5.26 Å². The Morgan fingerprint density at radius 2 is 2.00 bits per heavy atom. The lowest BCUT2D eigenvalue weighted by molar-refractivity contribution is -0.117. The summed E-state index contributed by atoms with van der Waals surface area (Å²) in [6.07, 6.45) is 2.23. The average molecular weight is 291 g/mol. The lowest BCUT2D eigenvalue weighted by atomic mass is 10.1. The van der Waals surface area contributed by atoms with Gasteiger partial charge in [-0.15, -0.1) is 0 Å². The summed E-state index contributed by atoms with van der Waals surface area (Å²) in [6.45, 7) is 2.35. The molecule has 0 saturated carbocycles. The van der Waals surface area contributed by atoms with Crippen LogP contribution in [-0.2, 0) is 11.2 Å². The molecule has 0 aliphatic carbocycles. The fourth-order valence-electron chi connectivity index (χ4n) is 2.00. The summed E-state index contributed by atoms with van der Waals surface area (Å²) in [4.78, 5) is 16.3. The SMILES string of the molecule is Cc1cccc(/C=C(\C#N)C(=O)NCCc2ccccc2)n1. The molecule has 1 aromatic heterocycles. The lowest BCUT2D eigenvalue weighted by Gasteiger charge is -2.04. The summed E-state index contributed by atoms with van der Waals surface area (Å²) in [6, 6.07) is 17.3. The third-order valence-electron chi connectivity index (χ3n) is 3.11. The number of amides is 1. The lowest BCUT2D eigenvalue weighted by Crippen LogP contribution is -2.26. The first-order valence-corrected chi connectivity index (χ1v) is 7.06. The number of nitriles is 1. The van der Waals surface area contributed by atoms with E-state index in [9.17, 15) is 4.79 Å². The molecule has 0 bridgehead atoms. The summed E-state index contributed by atoms with van der Waals surface area (Å²) < 4.78 is 0. The molecule has 0 aliphatic rings. The van der Waals surface area contributed by atoms with Crippen LogP contribution in [0.4, 0.5) is 0 Å². The minimum Gasteiger partial charge on any atom is -0.351 e. The van der Waals surface area contributed by atoms with Crippen molar-refractivity contribution in [1.82, 2.24) is 10.3 Å². The van der Waals surface area contributed by atoms with E-state index in [0.29, 0.717) is 12.2 Å². The van der Waals surface area contributed by atoms with Crippen molar-refractivity contribution in [2.24, 2.45) is 0 Å². The van der Waals surface area contributed by atoms with E-state index in [1.807, 2.05) is 55.5 Å². The molecule has 22 heavy (non-hydrogen) atoms. The standard InChI is InChI=1S/C18H17N3O/c1-14-6-5-9-17(21-14)12-16(13-19)18(22)20-11-10-15-7-3-2-4-8-15/h2-9,12H,10-11H2,1H3,(H,20,22)/b16-12+. The second-order valence-electron chi connectivity index (χ2n) is 4.87. The quantitative estimate of drug-likeness (QED) is 0.680. The molecule has 0 unspecified atom stereocenters. The zero-order chi connectivity index (χ0) is 15.8. The number of benzene rings is 1. The fourth-order valence-corrected chi connectivity index (χ4v) is 2.00. The highest BCUT2D eigenvalue weighted by Gasteiger charge is 2.08. The first kappa shape index (κ1) is 15.5. The number of nitrogens with one attached hydrogen (secondary N) is 1. The molecule has 4 heteroatoms. The second-order valence-corrected chi connectivity index (χ2v) is 4.87. The molecule has 110 valence electrons. The van der Waals surface area contributed by atoms with Gasteiger partial charge < -0.3 is 5.32 Å². The van der Waals surface area contributed by atoms with Crippen LogP contribution in [0.3, 0.4) is 0 Å². The predicted octanol–water partition coefficient (Wildman–Crippen LogP) is 2.66. The number of nitrogens with zero attached hydrogens (tertiary/aromatic N) is 2. The van der Waals surface area contributed by atoms with Gasteiger partial charge in [-0.1, -0.05) is 36.4 Å². The van der Waals surface area contributed by atoms with E-state index in [-0.39, 0.29) is 11.5 Å². The fraction of sp³-hybridized carbons (Fsp3) is 0.167. The van der Waals surface area contributed by atoms with Crippen molar-refractivity contribution in [2.45, 2.75) is 13.3 Å². The van der Waals surface area contributed by atoms with Gasteiger partial charge in [0.15, 0.2) is 0 Å².